The SMILES string of the molecule is CCCCCC1COC(c2ccc(-c3ccc(I)c(F)c3)cc2)OC1. The standard InChI is InChI=1S/C21H24FIO2/c1-2-3-4-5-15-13-24-21(25-14-15)17-8-6-16(7-9-17)18-10-11-20(23)19(22)12-18/h6-12,15,21H,2-5,13-14H2,1H3. The molecule has 25 heavy (non-hydrogen) atoms. The van der Waals surface area contributed by atoms with Gasteiger partial charge in [0.15, 0.2) is 6.29 Å². The first kappa shape index (κ1) is 18.8. The van der Waals surface area contributed by atoms with Crippen molar-refractivity contribution in [1.29, 1.82) is 0 Å². The molecule has 1 fully saturated rings. The molecule has 0 aliphatic carbocycles. The summed E-state index contributed by atoms with van der Waals surface area (Å²) < 4.78 is 26.2. The van der Waals surface area contributed by atoms with Crippen molar-refractivity contribution in [2.24, 2.45) is 5.92 Å². The molecule has 1 aliphatic heterocycles. The minimum atomic E-state index is -0.287. The van der Waals surface area contributed by atoms with Crippen molar-refractivity contribution in [3.63, 3.8) is 0 Å². The van der Waals surface area contributed by atoms with Gasteiger partial charge in [-0.25, -0.2) is 4.39 Å². The maximum atomic E-state index is 13.7. The number of benzene rings is 2. The van der Waals surface area contributed by atoms with Crippen molar-refractivity contribution in [1.82, 2.24) is 0 Å². The maximum Gasteiger partial charge on any atom is 0.183 e. The van der Waals surface area contributed by atoms with E-state index in [1.807, 2.05) is 52.9 Å². The summed E-state index contributed by atoms with van der Waals surface area (Å²) in [6.07, 6.45) is 4.66. The van der Waals surface area contributed by atoms with Crippen molar-refractivity contribution in [2.75, 3.05) is 13.2 Å². The second-order valence-electron chi connectivity index (χ2n) is 6.61. The van der Waals surface area contributed by atoms with Gasteiger partial charge in [-0.15, -0.1) is 0 Å². The third kappa shape index (κ3) is 5.02. The lowest BCUT2D eigenvalue weighted by Crippen LogP contribution is -2.27. The highest BCUT2D eigenvalue weighted by Gasteiger charge is 2.23. The molecule has 0 bridgehead atoms. The first-order valence-corrected chi connectivity index (χ1v) is 10.0. The van der Waals surface area contributed by atoms with Gasteiger partial charge in [0.05, 0.1) is 13.2 Å². The molecular weight excluding hydrogens is 430 g/mol. The predicted octanol–water partition coefficient (Wildman–Crippen LogP) is 6.34. The molecule has 0 unspecified atom stereocenters. The van der Waals surface area contributed by atoms with Crippen molar-refractivity contribution in [2.45, 2.75) is 38.9 Å². The van der Waals surface area contributed by atoms with E-state index in [2.05, 4.69) is 6.92 Å². The average molecular weight is 454 g/mol. The van der Waals surface area contributed by atoms with Gasteiger partial charge in [-0.3, -0.25) is 0 Å². The van der Waals surface area contributed by atoms with Crippen LogP contribution in [0.3, 0.4) is 0 Å². The Morgan fingerprint density at radius 3 is 2.32 bits per heavy atom. The fraction of sp³-hybridized carbons (Fsp3) is 0.429. The van der Waals surface area contributed by atoms with Gasteiger partial charge in [-0.1, -0.05) is 56.5 Å². The number of halogens is 2. The lowest BCUT2D eigenvalue weighted by Gasteiger charge is -2.29. The molecule has 2 nitrogen and oxygen atoms in total. The van der Waals surface area contributed by atoms with Crippen molar-refractivity contribution in [3.8, 4) is 11.1 Å². The minimum Gasteiger partial charge on any atom is -0.348 e. The first-order valence-electron chi connectivity index (χ1n) is 8.96. The molecule has 1 aliphatic rings. The number of ether oxygens (including phenoxy) is 2. The van der Waals surface area contributed by atoms with E-state index in [-0.39, 0.29) is 12.1 Å². The van der Waals surface area contributed by atoms with E-state index in [1.54, 1.807) is 12.1 Å². The van der Waals surface area contributed by atoms with Gasteiger partial charge in [0.25, 0.3) is 0 Å². The van der Waals surface area contributed by atoms with Crippen LogP contribution in [0, 0.1) is 15.3 Å². The Morgan fingerprint density at radius 2 is 1.68 bits per heavy atom. The van der Waals surface area contributed by atoms with Gasteiger partial charge in [-0.05, 0) is 52.3 Å². The summed E-state index contributed by atoms with van der Waals surface area (Å²) in [5, 5.41) is 0. The largest absolute Gasteiger partial charge is 0.348 e. The van der Waals surface area contributed by atoms with Crippen LogP contribution < -0.4 is 0 Å². The van der Waals surface area contributed by atoms with Crippen molar-refractivity contribution in [3.05, 3.63) is 57.4 Å². The van der Waals surface area contributed by atoms with Gasteiger partial charge in [0.2, 0.25) is 0 Å². The van der Waals surface area contributed by atoms with E-state index in [1.165, 1.54) is 25.7 Å². The summed E-state index contributed by atoms with van der Waals surface area (Å²) in [5.41, 5.74) is 2.89. The van der Waals surface area contributed by atoms with E-state index >= 15 is 0 Å². The average Bonchev–Trinajstić information content (AvgIpc) is 2.65. The second kappa shape index (κ2) is 9.10. The van der Waals surface area contributed by atoms with Crippen LogP contribution in [-0.2, 0) is 9.47 Å². The molecule has 134 valence electrons. The van der Waals surface area contributed by atoms with Gasteiger partial charge in [0, 0.05) is 15.1 Å². The van der Waals surface area contributed by atoms with Gasteiger partial charge in [-0.2, -0.15) is 0 Å². The highest BCUT2D eigenvalue weighted by atomic mass is 127. The van der Waals surface area contributed by atoms with Crippen LogP contribution in [0.5, 0.6) is 0 Å². The topological polar surface area (TPSA) is 18.5 Å². The van der Waals surface area contributed by atoms with Crippen LogP contribution in [0.1, 0.15) is 44.5 Å². The molecule has 4 heteroatoms. The molecule has 0 radical (unpaired) electrons. The molecule has 0 atom stereocenters. The lowest BCUT2D eigenvalue weighted by atomic mass is 10.0. The Labute approximate surface area is 162 Å². The molecule has 0 N–H and O–H groups in total. The number of rotatable bonds is 6. The zero-order valence-corrected chi connectivity index (χ0v) is 16.7. The van der Waals surface area contributed by atoms with E-state index in [0.717, 1.165) is 29.9 Å². The highest BCUT2D eigenvalue weighted by molar-refractivity contribution is 14.1. The van der Waals surface area contributed by atoms with Gasteiger partial charge < -0.3 is 9.47 Å². The smallest absolute Gasteiger partial charge is 0.183 e. The van der Waals surface area contributed by atoms with Crippen LogP contribution in [0.2, 0.25) is 0 Å². The Kier molecular flexibility index (Phi) is 6.84. The molecule has 0 amide bonds. The van der Waals surface area contributed by atoms with E-state index in [9.17, 15) is 4.39 Å². The van der Waals surface area contributed by atoms with Crippen LogP contribution in [0.4, 0.5) is 4.39 Å². The van der Waals surface area contributed by atoms with Crippen molar-refractivity contribution < 1.29 is 13.9 Å². The van der Waals surface area contributed by atoms with E-state index in [4.69, 9.17) is 9.47 Å². The molecule has 3 rings (SSSR count). The summed E-state index contributed by atoms with van der Waals surface area (Å²) >= 11 is 2.00. The summed E-state index contributed by atoms with van der Waals surface area (Å²) in [7, 11) is 0. The number of unbranched alkanes of at least 4 members (excludes halogenated alkanes) is 2. The summed E-state index contributed by atoms with van der Waals surface area (Å²) in [6, 6.07) is 13.3. The Hall–Kier alpha value is -0.980. The van der Waals surface area contributed by atoms with E-state index in [0.29, 0.717) is 9.49 Å². The van der Waals surface area contributed by atoms with Crippen LogP contribution in [-0.4, -0.2) is 13.2 Å². The molecule has 1 saturated heterocycles. The Bertz CT molecular complexity index is 679. The third-order valence-corrected chi connectivity index (χ3v) is 5.49. The van der Waals surface area contributed by atoms with Gasteiger partial charge >= 0.3 is 0 Å². The Morgan fingerprint density at radius 1 is 1.00 bits per heavy atom. The quantitative estimate of drug-likeness (QED) is 0.375. The number of hydrogen-bond donors (Lipinski definition) is 0. The molecule has 2 aromatic carbocycles. The molecule has 1 heterocycles. The maximum absolute atomic E-state index is 13.7. The highest BCUT2D eigenvalue weighted by Crippen LogP contribution is 2.29. The molecule has 0 spiro atoms. The Balaban J connectivity index is 1.59. The first-order chi connectivity index (χ1) is 12.2. The monoisotopic (exact) mass is 454 g/mol. The normalized spacial score (nSPS) is 20.6. The molecular formula is C21H24FIO2. The summed E-state index contributed by atoms with van der Waals surface area (Å²) in [6.45, 7) is 3.75. The van der Waals surface area contributed by atoms with Crippen LogP contribution >= 0.6 is 22.6 Å². The third-order valence-electron chi connectivity index (χ3n) is 4.62. The van der Waals surface area contributed by atoms with E-state index < -0.39 is 0 Å². The van der Waals surface area contributed by atoms with Crippen LogP contribution in [0.15, 0.2) is 42.5 Å². The lowest BCUT2D eigenvalue weighted by molar-refractivity contribution is -0.206. The minimum absolute atomic E-state index is 0.185. The summed E-state index contributed by atoms with van der Waals surface area (Å²) in [5.74, 6) is 0.326. The summed E-state index contributed by atoms with van der Waals surface area (Å²) in [4.78, 5) is 0. The fourth-order valence-electron chi connectivity index (χ4n) is 3.09. The van der Waals surface area contributed by atoms with Crippen molar-refractivity contribution >= 4 is 22.6 Å². The van der Waals surface area contributed by atoms with Gasteiger partial charge in [0.1, 0.15) is 5.82 Å². The predicted molar refractivity (Wildman–Crippen MR) is 107 cm³/mol. The van der Waals surface area contributed by atoms with Crippen LogP contribution in [0.25, 0.3) is 11.1 Å². The number of hydrogen-bond acceptors (Lipinski definition) is 2. The molecule has 2 aromatic rings. The second-order valence-corrected chi connectivity index (χ2v) is 7.77. The zero-order valence-electron chi connectivity index (χ0n) is 14.5. The zero-order chi connectivity index (χ0) is 17.6. The fourth-order valence-corrected chi connectivity index (χ4v) is 3.43. The molecule has 0 saturated carbocycles. The molecule has 0 aromatic heterocycles.